The quantitative estimate of drug-likeness (QED) is 0.715. The molecule has 0 saturated carbocycles. The van der Waals surface area contributed by atoms with Crippen LogP contribution >= 0.6 is 0 Å². The predicted octanol–water partition coefficient (Wildman–Crippen LogP) is 1.63. The average Bonchev–Trinajstić information content (AvgIpc) is 2.35. The normalized spacial score (nSPS) is 13.0. The van der Waals surface area contributed by atoms with Crippen LogP contribution in [-0.2, 0) is 7.05 Å². The number of nitrogens with one attached hydrogen (secondary N) is 1. The molecular weight excluding hydrogens is 138 g/mol. The van der Waals surface area contributed by atoms with E-state index in [1.54, 1.807) is 4.68 Å². The molecule has 1 aromatic rings. The van der Waals surface area contributed by atoms with E-state index in [-0.39, 0.29) is 0 Å². The van der Waals surface area contributed by atoms with E-state index in [4.69, 9.17) is 0 Å². The first-order valence-electron chi connectivity index (χ1n) is 3.97. The molecule has 0 aliphatic heterocycles. The molecule has 1 N–H and O–H groups in total. The Bertz CT molecular complexity index is 217. The molecule has 1 aromatic heterocycles. The van der Waals surface area contributed by atoms with E-state index in [0.29, 0.717) is 6.04 Å². The molecule has 3 nitrogen and oxygen atoms in total. The maximum absolute atomic E-state index is 4.06. The van der Waals surface area contributed by atoms with E-state index in [0.717, 1.165) is 12.1 Å². The highest BCUT2D eigenvalue weighted by Crippen LogP contribution is 2.06. The van der Waals surface area contributed by atoms with Crippen LogP contribution in [-0.4, -0.2) is 15.8 Å². The van der Waals surface area contributed by atoms with E-state index in [9.17, 15) is 0 Å². The fourth-order valence-electron chi connectivity index (χ4n) is 0.882. The van der Waals surface area contributed by atoms with Crippen LogP contribution in [0.5, 0.6) is 0 Å². The van der Waals surface area contributed by atoms with Gasteiger partial charge in [-0.2, -0.15) is 5.10 Å². The summed E-state index contributed by atoms with van der Waals surface area (Å²) in [6.07, 6.45) is 4.95. The molecule has 0 saturated heterocycles. The van der Waals surface area contributed by atoms with Gasteiger partial charge in [0.15, 0.2) is 0 Å². The summed E-state index contributed by atoms with van der Waals surface area (Å²) >= 11 is 0. The summed E-state index contributed by atoms with van der Waals surface area (Å²) in [5.74, 6) is 0. The number of anilines is 1. The Hall–Kier alpha value is -0.990. The predicted molar refractivity (Wildman–Crippen MR) is 46.6 cm³/mol. The second-order valence-electron chi connectivity index (χ2n) is 2.86. The third kappa shape index (κ3) is 2.26. The van der Waals surface area contributed by atoms with Crippen molar-refractivity contribution < 1.29 is 0 Å². The van der Waals surface area contributed by atoms with Gasteiger partial charge in [0.2, 0.25) is 0 Å². The maximum atomic E-state index is 4.06. The molecule has 0 aliphatic rings. The van der Waals surface area contributed by atoms with Gasteiger partial charge < -0.3 is 5.32 Å². The van der Waals surface area contributed by atoms with Gasteiger partial charge in [-0.15, -0.1) is 0 Å². The minimum Gasteiger partial charge on any atom is -0.380 e. The monoisotopic (exact) mass is 153 g/mol. The molecule has 0 aliphatic carbocycles. The van der Waals surface area contributed by atoms with E-state index in [1.165, 1.54) is 0 Å². The molecule has 0 radical (unpaired) electrons. The van der Waals surface area contributed by atoms with Crippen LogP contribution in [0.2, 0.25) is 0 Å². The molecule has 1 rings (SSSR count). The Morgan fingerprint density at radius 1 is 1.73 bits per heavy atom. The summed E-state index contributed by atoms with van der Waals surface area (Å²) in [4.78, 5) is 0. The van der Waals surface area contributed by atoms with Crippen LogP contribution in [0.3, 0.4) is 0 Å². The van der Waals surface area contributed by atoms with Gasteiger partial charge in [-0.05, 0) is 13.3 Å². The Kier molecular flexibility index (Phi) is 2.52. The second kappa shape index (κ2) is 3.42. The number of aromatic nitrogens is 2. The van der Waals surface area contributed by atoms with Gasteiger partial charge in [0.25, 0.3) is 0 Å². The van der Waals surface area contributed by atoms with Crippen molar-refractivity contribution in [3.05, 3.63) is 12.4 Å². The van der Waals surface area contributed by atoms with E-state index in [2.05, 4.69) is 24.3 Å². The Morgan fingerprint density at radius 2 is 2.45 bits per heavy atom. The van der Waals surface area contributed by atoms with E-state index >= 15 is 0 Å². The zero-order chi connectivity index (χ0) is 8.27. The lowest BCUT2D eigenvalue weighted by molar-refractivity contribution is 0.759. The van der Waals surface area contributed by atoms with Crippen molar-refractivity contribution in [1.29, 1.82) is 0 Å². The summed E-state index contributed by atoms with van der Waals surface area (Å²) in [6.45, 7) is 4.32. The first-order valence-corrected chi connectivity index (χ1v) is 3.97. The Balaban J connectivity index is 2.50. The molecule has 0 spiro atoms. The van der Waals surface area contributed by atoms with Crippen LogP contribution in [0.15, 0.2) is 12.4 Å². The zero-order valence-corrected chi connectivity index (χ0v) is 7.33. The number of hydrogen-bond acceptors (Lipinski definition) is 2. The molecule has 0 aromatic carbocycles. The number of aryl methyl sites for hydroxylation is 1. The van der Waals surface area contributed by atoms with Crippen LogP contribution < -0.4 is 5.32 Å². The van der Waals surface area contributed by atoms with Crippen LogP contribution in [0.1, 0.15) is 20.3 Å². The molecule has 1 unspecified atom stereocenters. The highest BCUT2D eigenvalue weighted by molar-refractivity contribution is 5.38. The van der Waals surface area contributed by atoms with Crippen molar-refractivity contribution in [2.75, 3.05) is 5.32 Å². The summed E-state index contributed by atoms with van der Waals surface area (Å²) in [6, 6.07) is 0.527. The van der Waals surface area contributed by atoms with Gasteiger partial charge in [0.05, 0.1) is 11.9 Å². The maximum Gasteiger partial charge on any atom is 0.0728 e. The smallest absolute Gasteiger partial charge is 0.0728 e. The van der Waals surface area contributed by atoms with Gasteiger partial charge in [0.1, 0.15) is 0 Å². The molecule has 3 heteroatoms. The number of hydrogen-bond donors (Lipinski definition) is 1. The Morgan fingerprint density at radius 3 is 2.91 bits per heavy atom. The van der Waals surface area contributed by atoms with Gasteiger partial charge in [-0.25, -0.2) is 0 Å². The van der Waals surface area contributed by atoms with Gasteiger partial charge in [0, 0.05) is 19.3 Å². The van der Waals surface area contributed by atoms with Gasteiger partial charge in [-0.3, -0.25) is 4.68 Å². The van der Waals surface area contributed by atoms with Crippen molar-refractivity contribution in [3.8, 4) is 0 Å². The first-order chi connectivity index (χ1) is 5.22. The highest BCUT2D eigenvalue weighted by atomic mass is 15.3. The number of rotatable bonds is 3. The summed E-state index contributed by atoms with van der Waals surface area (Å²) in [5.41, 5.74) is 1.10. The molecule has 11 heavy (non-hydrogen) atoms. The SMILES string of the molecule is CCC(C)Nc1cnn(C)c1. The van der Waals surface area contributed by atoms with Crippen LogP contribution in [0.4, 0.5) is 5.69 Å². The lowest BCUT2D eigenvalue weighted by Crippen LogP contribution is -2.12. The molecule has 0 fully saturated rings. The lowest BCUT2D eigenvalue weighted by Gasteiger charge is -2.09. The largest absolute Gasteiger partial charge is 0.380 e. The van der Waals surface area contributed by atoms with Crippen molar-refractivity contribution in [2.24, 2.45) is 7.05 Å². The van der Waals surface area contributed by atoms with Crippen molar-refractivity contribution in [2.45, 2.75) is 26.3 Å². The van der Waals surface area contributed by atoms with Crippen LogP contribution in [0.25, 0.3) is 0 Å². The van der Waals surface area contributed by atoms with Gasteiger partial charge >= 0.3 is 0 Å². The summed E-state index contributed by atoms with van der Waals surface area (Å²) in [7, 11) is 1.92. The minimum absolute atomic E-state index is 0.527. The average molecular weight is 153 g/mol. The fourth-order valence-corrected chi connectivity index (χ4v) is 0.882. The van der Waals surface area contributed by atoms with Crippen LogP contribution in [0, 0.1) is 0 Å². The molecule has 0 amide bonds. The van der Waals surface area contributed by atoms with Crippen molar-refractivity contribution in [1.82, 2.24) is 9.78 Å². The molecular formula is C8H15N3. The third-order valence-electron chi connectivity index (χ3n) is 1.73. The highest BCUT2D eigenvalue weighted by Gasteiger charge is 1.98. The summed E-state index contributed by atoms with van der Waals surface area (Å²) in [5, 5.41) is 7.39. The first kappa shape index (κ1) is 8.11. The standard InChI is InChI=1S/C8H15N3/c1-4-7(2)10-8-5-9-11(3)6-8/h5-7,10H,4H2,1-3H3. The summed E-state index contributed by atoms with van der Waals surface area (Å²) < 4.78 is 1.80. The molecule has 0 bridgehead atoms. The lowest BCUT2D eigenvalue weighted by atomic mass is 10.2. The van der Waals surface area contributed by atoms with E-state index in [1.807, 2.05) is 19.4 Å². The van der Waals surface area contributed by atoms with Crippen molar-refractivity contribution >= 4 is 5.69 Å². The third-order valence-corrected chi connectivity index (χ3v) is 1.73. The topological polar surface area (TPSA) is 29.9 Å². The molecule has 1 atom stereocenters. The zero-order valence-electron chi connectivity index (χ0n) is 7.33. The molecule has 62 valence electrons. The fraction of sp³-hybridized carbons (Fsp3) is 0.625. The Labute approximate surface area is 67.4 Å². The minimum atomic E-state index is 0.527. The second-order valence-corrected chi connectivity index (χ2v) is 2.86. The van der Waals surface area contributed by atoms with Gasteiger partial charge in [-0.1, -0.05) is 6.92 Å². The van der Waals surface area contributed by atoms with Crippen molar-refractivity contribution in [3.63, 3.8) is 0 Å². The van der Waals surface area contributed by atoms with E-state index < -0.39 is 0 Å². The number of nitrogens with zero attached hydrogens (tertiary/aromatic N) is 2. The molecule has 1 heterocycles.